The van der Waals surface area contributed by atoms with Gasteiger partial charge in [-0.05, 0) is 52.2 Å². The molecular weight excluding hydrogens is 413 g/mol. The molecule has 5 nitrogen and oxygen atoms in total. The van der Waals surface area contributed by atoms with Gasteiger partial charge in [0.1, 0.15) is 0 Å². The standard InChI is InChI=1S/C18H35N5.HI/c1-19-18(20-10-14-21(2)16-7-3-4-8-16)23-13-9-17(15-23)22-11-5-6-12-22;/h16-17H,3-15H2,1-2H3,(H,19,20);1H. The van der Waals surface area contributed by atoms with E-state index in [4.69, 9.17) is 0 Å². The van der Waals surface area contributed by atoms with Gasteiger partial charge in [0, 0.05) is 45.3 Å². The quantitative estimate of drug-likeness (QED) is 0.397. The molecular formula is C18H36IN5. The fraction of sp³-hybridized carbons (Fsp3) is 0.944. The normalized spacial score (nSPS) is 26.4. The first-order valence-electron chi connectivity index (χ1n) is 9.68. The van der Waals surface area contributed by atoms with Crippen molar-refractivity contribution in [3.05, 3.63) is 0 Å². The minimum atomic E-state index is 0. The van der Waals surface area contributed by atoms with Crippen LogP contribution in [-0.4, -0.2) is 86.1 Å². The van der Waals surface area contributed by atoms with Crippen molar-refractivity contribution >= 4 is 29.9 Å². The summed E-state index contributed by atoms with van der Waals surface area (Å²) in [7, 11) is 4.20. The Morgan fingerprint density at radius 3 is 2.46 bits per heavy atom. The molecule has 1 unspecified atom stereocenters. The van der Waals surface area contributed by atoms with E-state index in [1.807, 2.05) is 7.05 Å². The van der Waals surface area contributed by atoms with E-state index in [1.54, 1.807) is 0 Å². The van der Waals surface area contributed by atoms with Gasteiger partial charge in [0.05, 0.1) is 0 Å². The predicted octanol–water partition coefficient (Wildman–Crippen LogP) is 2.22. The van der Waals surface area contributed by atoms with Crippen LogP contribution in [0.25, 0.3) is 0 Å². The van der Waals surface area contributed by atoms with Crippen molar-refractivity contribution in [2.45, 2.75) is 57.0 Å². The maximum atomic E-state index is 4.52. The zero-order valence-electron chi connectivity index (χ0n) is 15.5. The van der Waals surface area contributed by atoms with Crippen LogP contribution < -0.4 is 5.32 Å². The van der Waals surface area contributed by atoms with Crippen LogP contribution in [0.1, 0.15) is 44.9 Å². The lowest BCUT2D eigenvalue weighted by atomic mass is 10.2. The van der Waals surface area contributed by atoms with Crippen molar-refractivity contribution < 1.29 is 0 Å². The van der Waals surface area contributed by atoms with Gasteiger partial charge in [-0.15, -0.1) is 24.0 Å². The van der Waals surface area contributed by atoms with Crippen molar-refractivity contribution in [1.29, 1.82) is 0 Å². The van der Waals surface area contributed by atoms with Crippen molar-refractivity contribution in [2.24, 2.45) is 4.99 Å². The van der Waals surface area contributed by atoms with E-state index in [-0.39, 0.29) is 24.0 Å². The van der Waals surface area contributed by atoms with Crippen molar-refractivity contribution in [2.75, 3.05) is 53.4 Å². The lowest BCUT2D eigenvalue weighted by Crippen LogP contribution is -2.45. The van der Waals surface area contributed by atoms with Gasteiger partial charge in [-0.3, -0.25) is 9.89 Å². The molecule has 1 atom stereocenters. The van der Waals surface area contributed by atoms with Gasteiger partial charge in [0.15, 0.2) is 5.96 Å². The molecule has 0 radical (unpaired) electrons. The van der Waals surface area contributed by atoms with Crippen LogP contribution in [0.4, 0.5) is 0 Å². The Balaban J connectivity index is 0.00000208. The largest absolute Gasteiger partial charge is 0.355 e. The molecule has 0 amide bonds. The molecule has 3 rings (SSSR count). The number of hydrogen-bond acceptors (Lipinski definition) is 3. The molecule has 1 aliphatic carbocycles. The Bertz CT molecular complexity index is 391. The first-order valence-corrected chi connectivity index (χ1v) is 9.68. The van der Waals surface area contributed by atoms with Crippen LogP contribution in [0, 0.1) is 0 Å². The maximum Gasteiger partial charge on any atom is 0.193 e. The third-order valence-corrected chi connectivity index (χ3v) is 6.03. The van der Waals surface area contributed by atoms with E-state index in [9.17, 15) is 0 Å². The van der Waals surface area contributed by atoms with Crippen molar-refractivity contribution in [3.63, 3.8) is 0 Å². The van der Waals surface area contributed by atoms with E-state index in [2.05, 4.69) is 32.1 Å². The van der Waals surface area contributed by atoms with Crippen LogP contribution in [0.5, 0.6) is 0 Å². The smallest absolute Gasteiger partial charge is 0.193 e. The van der Waals surface area contributed by atoms with Gasteiger partial charge in [0.2, 0.25) is 0 Å². The van der Waals surface area contributed by atoms with Crippen LogP contribution >= 0.6 is 24.0 Å². The van der Waals surface area contributed by atoms with Crippen LogP contribution in [-0.2, 0) is 0 Å². The molecule has 0 aromatic rings. The van der Waals surface area contributed by atoms with E-state index in [1.165, 1.54) is 58.0 Å². The number of nitrogens with zero attached hydrogens (tertiary/aromatic N) is 4. The zero-order chi connectivity index (χ0) is 16.1. The molecule has 0 aromatic carbocycles. The second-order valence-corrected chi connectivity index (χ2v) is 7.52. The first-order chi connectivity index (χ1) is 11.3. The average Bonchev–Trinajstić information content (AvgIpc) is 3.33. The van der Waals surface area contributed by atoms with Gasteiger partial charge < -0.3 is 15.1 Å². The summed E-state index contributed by atoms with van der Waals surface area (Å²) in [6.45, 7) is 7.03. The Hall–Kier alpha value is -0.0800. The summed E-state index contributed by atoms with van der Waals surface area (Å²) in [4.78, 5) is 12.2. The van der Waals surface area contributed by atoms with E-state index in [0.29, 0.717) is 0 Å². The molecule has 0 bridgehead atoms. The molecule has 0 aromatic heterocycles. The topological polar surface area (TPSA) is 34.1 Å². The van der Waals surface area contributed by atoms with Gasteiger partial charge >= 0.3 is 0 Å². The highest BCUT2D eigenvalue weighted by atomic mass is 127. The highest BCUT2D eigenvalue weighted by Gasteiger charge is 2.30. The van der Waals surface area contributed by atoms with E-state index >= 15 is 0 Å². The molecule has 24 heavy (non-hydrogen) atoms. The van der Waals surface area contributed by atoms with E-state index in [0.717, 1.165) is 44.2 Å². The summed E-state index contributed by atoms with van der Waals surface area (Å²) in [6, 6.07) is 1.56. The lowest BCUT2D eigenvalue weighted by molar-refractivity contribution is 0.244. The first kappa shape index (κ1) is 20.2. The van der Waals surface area contributed by atoms with Crippen LogP contribution in [0.15, 0.2) is 4.99 Å². The number of hydrogen-bond donors (Lipinski definition) is 1. The van der Waals surface area contributed by atoms with Gasteiger partial charge in [-0.2, -0.15) is 0 Å². The highest BCUT2D eigenvalue weighted by Crippen LogP contribution is 2.22. The number of likely N-dealkylation sites (N-methyl/N-ethyl adjacent to an activating group) is 1. The molecule has 2 aliphatic heterocycles. The number of halogens is 1. The third-order valence-electron chi connectivity index (χ3n) is 6.03. The highest BCUT2D eigenvalue weighted by molar-refractivity contribution is 14.0. The second-order valence-electron chi connectivity index (χ2n) is 7.52. The van der Waals surface area contributed by atoms with Crippen LogP contribution in [0.2, 0.25) is 0 Å². The summed E-state index contributed by atoms with van der Waals surface area (Å²) < 4.78 is 0. The number of nitrogens with one attached hydrogen (secondary N) is 1. The summed E-state index contributed by atoms with van der Waals surface area (Å²) >= 11 is 0. The lowest BCUT2D eigenvalue weighted by Gasteiger charge is -2.27. The summed E-state index contributed by atoms with van der Waals surface area (Å²) in [6.07, 6.45) is 9.66. The molecule has 2 heterocycles. The molecule has 1 N–H and O–H groups in total. The average molecular weight is 449 g/mol. The fourth-order valence-corrected chi connectivity index (χ4v) is 4.54. The number of likely N-dealkylation sites (tertiary alicyclic amines) is 2. The number of guanidine groups is 1. The molecule has 3 fully saturated rings. The molecule has 0 spiro atoms. The zero-order valence-corrected chi connectivity index (χ0v) is 17.9. The molecule has 1 saturated carbocycles. The number of aliphatic imine (C=N–C) groups is 1. The Labute approximate surface area is 165 Å². The molecule has 6 heteroatoms. The Morgan fingerprint density at radius 2 is 1.79 bits per heavy atom. The number of rotatable bonds is 5. The summed E-state index contributed by atoms with van der Waals surface area (Å²) in [5.74, 6) is 1.10. The fourth-order valence-electron chi connectivity index (χ4n) is 4.54. The Kier molecular flexibility index (Phi) is 8.57. The van der Waals surface area contributed by atoms with Crippen molar-refractivity contribution in [3.8, 4) is 0 Å². The second kappa shape index (κ2) is 10.2. The third kappa shape index (κ3) is 5.21. The maximum absolute atomic E-state index is 4.52. The minimum Gasteiger partial charge on any atom is -0.355 e. The van der Waals surface area contributed by atoms with Gasteiger partial charge in [-0.25, -0.2) is 0 Å². The summed E-state index contributed by atoms with van der Waals surface area (Å²) in [5, 5.41) is 3.59. The predicted molar refractivity (Wildman–Crippen MR) is 112 cm³/mol. The van der Waals surface area contributed by atoms with Crippen molar-refractivity contribution in [1.82, 2.24) is 20.0 Å². The Morgan fingerprint density at radius 1 is 1.08 bits per heavy atom. The minimum absolute atomic E-state index is 0. The van der Waals surface area contributed by atoms with E-state index < -0.39 is 0 Å². The molecule has 3 aliphatic rings. The van der Waals surface area contributed by atoms with Crippen LogP contribution in [0.3, 0.4) is 0 Å². The molecule has 140 valence electrons. The monoisotopic (exact) mass is 449 g/mol. The molecule has 2 saturated heterocycles. The SMILES string of the molecule is CN=C(NCCN(C)C1CCCC1)N1CCC(N2CCCC2)C1.I. The van der Waals surface area contributed by atoms with Gasteiger partial charge in [-0.1, -0.05) is 12.8 Å². The van der Waals surface area contributed by atoms with Gasteiger partial charge in [0.25, 0.3) is 0 Å². The summed E-state index contributed by atoms with van der Waals surface area (Å²) in [5.41, 5.74) is 0.